The minimum atomic E-state index is 0.483. The van der Waals surface area contributed by atoms with E-state index in [1.807, 2.05) is 0 Å². The first kappa shape index (κ1) is 15.0. The molecule has 0 aromatic heterocycles. The molecule has 1 N–H and O–H groups in total. The highest BCUT2D eigenvalue weighted by molar-refractivity contribution is 5.40. The van der Waals surface area contributed by atoms with Crippen molar-refractivity contribution in [2.45, 2.75) is 50.4 Å². The smallest absolute Gasteiger partial charge is 0.00200 e. The summed E-state index contributed by atoms with van der Waals surface area (Å²) in [6, 6.07) is 18.2. The summed E-state index contributed by atoms with van der Waals surface area (Å²) >= 11 is 0. The zero-order valence-corrected chi connectivity index (χ0v) is 14.0. The summed E-state index contributed by atoms with van der Waals surface area (Å²) in [5.74, 6) is 0. The van der Waals surface area contributed by atoms with Crippen LogP contribution in [0.5, 0.6) is 0 Å². The van der Waals surface area contributed by atoms with Gasteiger partial charge in [0.2, 0.25) is 0 Å². The molecule has 2 aromatic rings. The normalized spacial score (nSPS) is 19.5. The summed E-state index contributed by atoms with van der Waals surface area (Å²) < 4.78 is 0. The molecule has 23 heavy (non-hydrogen) atoms. The predicted octanol–water partition coefficient (Wildman–Crippen LogP) is 4.43. The number of piperidine rings is 1. The Kier molecular flexibility index (Phi) is 4.22. The van der Waals surface area contributed by atoms with Gasteiger partial charge in [0.25, 0.3) is 0 Å². The van der Waals surface area contributed by atoms with Crippen LogP contribution in [0, 0.1) is 0 Å². The van der Waals surface area contributed by atoms with Crippen molar-refractivity contribution in [3.63, 3.8) is 0 Å². The highest BCUT2D eigenvalue weighted by atomic mass is 14.9. The third kappa shape index (κ3) is 3.07. The second-order valence-electron chi connectivity index (χ2n) is 7.36. The van der Waals surface area contributed by atoms with E-state index in [4.69, 9.17) is 0 Å². The zero-order chi connectivity index (χ0) is 15.5. The van der Waals surface area contributed by atoms with Crippen LogP contribution in [0.2, 0.25) is 0 Å². The molecule has 0 atom stereocenters. The summed E-state index contributed by atoms with van der Waals surface area (Å²) in [6.07, 6.45) is 9.00. The van der Waals surface area contributed by atoms with Crippen LogP contribution in [-0.2, 0) is 24.7 Å². The van der Waals surface area contributed by atoms with Crippen molar-refractivity contribution in [1.82, 2.24) is 5.32 Å². The van der Waals surface area contributed by atoms with E-state index in [0.29, 0.717) is 5.41 Å². The van der Waals surface area contributed by atoms with Gasteiger partial charge < -0.3 is 5.32 Å². The van der Waals surface area contributed by atoms with Crippen molar-refractivity contribution in [3.05, 3.63) is 70.8 Å². The lowest BCUT2D eigenvalue weighted by molar-refractivity contribution is 0.268. The second kappa shape index (κ2) is 6.49. The maximum atomic E-state index is 3.54. The van der Waals surface area contributed by atoms with E-state index in [0.717, 1.165) is 12.8 Å². The highest BCUT2D eigenvalue weighted by Gasteiger charge is 2.37. The molecule has 0 radical (unpaired) electrons. The number of nitrogens with one attached hydrogen (secondary N) is 1. The van der Waals surface area contributed by atoms with Gasteiger partial charge in [-0.1, -0.05) is 48.5 Å². The first-order valence-corrected chi connectivity index (χ1v) is 9.23. The van der Waals surface area contributed by atoms with Crippen molar-refractivity contribution < 1.29 is 0 Å². The third-order valence-electron chi connectivity index (χ3n) is 5.95. The Balaban J connectivity index is 1.54. The second-order valence-corrected chi connectivity index (χ2v) is 7.36. The lowest BCUT2D eigenvalue weighted by Gasteiger charge is -2.42. The third-order valence-corrected chi connectivity index (χ3v) is 5.95. The number of rotatable bonds is 3. The van der Waals surface area contributed by atoms with Gasteiger partial charge in [0.1, 0.15) is 0 Å². The van der Waals surface area contributed by atoms with Gasteiger partial charge in [0.05, 0.1) is 0 Å². The van der Waals surface area contributed by atoms with Gasteiger partial charge >= 0.3 is 0 Å². The molecule has 2 aromatic carbocycles. The summed E-state index contributed by atoms with van der Waals surface area (Å²) in [4.78, 5) is 0. The molecule has 1 fully saturated rings. The average Bonchev–Trinajstić information content (AvgIpc) is 2.62. The highest BCUT2D eigenvalue weighted by Crippen LogP contribution is 2.43. The Hall–Kier alpha value is -1.60. The summed E-state index contributed by atoms with van der Waals surface area (Å²) in [7, 11) is 0. The zero-order valence-electron chi connectivity index (χ0n) is 14.0. The average molecular weight is 305 g/mol. The Bertz CT molecular complexity index is 653. The molecule has 0 bridgehead atoms. The predicted molar refractivity (Wildman–Crippen MR) is 97.0 cm³/mol. The van der Waals surface area contributed by atoms with Crippen LogP contribution in [-0.4, -0.2) is 13.1 Å². The Morgan fingerprint density at radius 3 is 2.43 bits per heavy atom. The van der Waals surface area contributed by atoms with Crippen LogP contribution < -0.4 is 5.32 Å². The minimum Gasteiger partial charge on any atom is -0.317 e. The van der Waals surface area contributed by atoms with Crippen molar-refractivity contribution in [2.75, 3.05) is 13.1 Å². The molecule has 0 amide bonds. The molecule has 120 valence electrons. The molecule has 1 heterocycles. The van der Waals surface area contributed by atoms with Gasteiger partial charge in [-0.3, -0.25) is 0 Å². The summed E-state index contributed by atoms with van der Waals surface area (Å²) in [5, 5.41) is 3.54. The van der Waals surface area contributed by atoms with Crippen LogP contribution in [0.4, 0.5) is 0 Å². The number of benzene rings is 2. The molecule has 4 rings (SSSR count). The quantitative estimate of drug-likeness (QED) is 0.884. The van der Waals surface area contributed by atoms with Gasteiger partial charge in [0, 0.05) is 0 Å². The fraction of sp³-hybridized carbons (Fsp3) is 0.455. The van der Waals surface area contributed by atoms with Gasteiger partial charge in [-0.05, 0) is 85.7 Å². The fourth-order valence-corrected chi connectivity index (χ4v) is 4.64. The van der Waals surface area contributed by atoms with Crippen LogP contribution in [0.25, 0.3) is 0 Å². The molecule has 2 aliphatic rings. The first-order valence-electron chi connectivity index (χ1n) is 9.23. The topological polar surface area (TPSA) is 12.0 Å². The van der Waals surface area contributed by atoms with Crippen LogP contribution in [0.1, 0.15) is 47.9 Å². The van der Waals surface area contributed by atoms with Gasteiger partial charge in [-0.2, -0.15) is 0 Å². The van der Waals surface area contributed by atoms with E-state index in [9.17, 15) is 0 Å². The monoisotopic (exact) mass is 305 g/mol. The SMILES string of the molecule is c1ccc(CCc2ccc3c(c2)CCCC32CCNCC2)cc1. The first-order chi connectivity index (χ1) is 11.4. The van der Waals surface area contributed by atoms with E-state index in [-0.39, 0.29) is 0 Å². The summed E-state index contributed by atoms with van der Waals surface area (Å²) in [6.45, 7) is 2.38. The van der Waals surface area contributed by atoms with Gasteiger partial charge in [-0.25, -0.2) is 0 Å². The molecule has 0 unspecified atom stereocenters. The molecular weight excluding hydrogens is 278 g/mol. The molecule has 1 nitrogen and oxygen atoms in total. The van der Waals surface area contributed by atoms with Gasteiger partial charge in [-0.15, -0.1) is 0 Å². The molecular formula is C22H27N. The van der Waals surface area contributed by atoms with E-state index < -0.39 is 0 Å². The molecule has 1 spiro atoms. The standard InChI is InChI=1S/C22H27N/c1-2-5-18(6-3-1)8-9-19-10-11-21-20(17-19)7-4-12-22(21)13-15-23-16-14-22/h1-3,5-6,10-11,17,23H,4,7-9,12-16H2. The van der Waals surface area contributed by atoms with Crippen LogP contribution in [0.3, 0.4) is 0 Å². The molecule has 1 heteroatoms. The van der Waals surface area contributed by atoms with E-state index in [1.165, 1.54) is 56.3 Å². The largest absolute Gasteiger partial charge is 0.317 e. The summed E-state index contributed by atoms with van der Waals surface area (Å²) in [5.41, 5.74) is 6.76. The van der Waals surface area contributed by atoms with Crippen LogP contribution >= 0.6 is 0 Å². The van der Waals surface area contributed by atoms with Crippen molar-refractivity contribution in [2.24, 2.45) is 0 Å². The maximum Gasteiger partial charge on any atom is -0.00200 e. The Labute approximate surface area is 140 Å². The maximum absolute atomic E-state index is 3.54. The molecule has 1 aliphatic heterocycles. The Morgan fingerprint density at radius 2 is 1.61 bits per heavy atom. The Morgan fingerprint density at radius 1 is 0.826 bits per heavy atom. The molecule has 1 saturated heterocycles. The van der Waals surface area contributed by atoms with Gasteiger partial charge in [0.15, 0.2) is 0 Å². The van der Waals surface area contributed by atoms with E-state index in [2.05, 4.69) is 53.8 Å². The lowest BCUT2D eigenvalue weighted by atomic mass is 9.65. The van der Waals surface area contributed by atoms with E-state index in [1.54, 1.807) is 11.1 Å². The van der Waals surface area contributed by atoms with Crippen LogP contribution in [0.15, 0.2) is 48.5 Å². The minimum absolute atomic E-state index is 0.483. The van der Waals surface area contributed by atoms with Crippen molar-refractivity contribution >= 4 is 0 Å². The van der Waals surface area contributed by atoms with Crippen molar-refractivity contribution in [3.8, 4) is 0 Å². The molecule has 0 saturated carbocycles. The van der Waals surface area contributed by atoms with Crippen molar-refractivity contribution in [1.29, 1.82) is 0 Å². The lowest BCUT2D eigenvalue weighted by Crippen LogP contribution is -2.42. The number of fused-ring (bicyclic) bond motifs is 2. The molecule has 1 aliphatic carbocycles. The number of hydrogen-bond donors (Lipinski definition) is 1. The van der Waals surface area contributed by atoms with E-state index >= 15 is 0 Å². The fourth-order valence-electron chi connectivity index (χ4n) is 4.64. The number of aryl methyl sites for hydroxylation is 3. The number of hydrogen-bond acceptors (Lipinski definition) is 1.